The number of aromatic nitrogens is 2. The molecular formula is C23H31N5. The van der Waals surface area contributed by atoms with Gasteiger partial charge in [-0.2, -0.15) is 4.98 Å². The SMILES string of the molecule is Nc1nc2c(c(N3CCC(C4CCNCC4)CC3)n1)CCCc1ccccc1-2. The second-order valence-electron chi connectivity index (χ2n) is 8.66. The third-order valence-corrected chi connectivity index (χ3v) is 7.04. The Labute approximate surface area is 167 Å². The van der Waals surface area contributed by atoms with Crippen LogP contribution in [0.1, 0.15) is 43.2 Å². The van der Waals surface area contributed by atoms with E-state index in [2.05, 4.69) is 34.5 Å². The van der Waals surface area contributed by atoms with E-state index in [1.54, 1.807) is 0 Å². The molecule has 0 saturated carbocycles. The molecule has 3 heterocycles. The van der Waals surface area contributed by atoms with Gasteiger partial charge >= 0.3 is 0 Å². The molecule has 5 heteroatoms. The molecule has 0 radical (unpaired) electrons. The van der Waals surface area contributed by atoms with Crippen LogP contribution in [0.2, 0.25) is 0 Å². The number of hydrogen-bond donors (Lipinski definition) is 2. The predicted molar refractivity (Wildman–Crippen MR) is 114 cm³/mol. The number of aryl methyl sites for hydroxylation is 1. The van der Waals surface area contributed by atoms with Crippen LogP contribution in [-0.4, -0.2) is 36.1 Å². The maximum absolute atomic E-state index is 6.19. The summed E-state index contributed by atoms with van der Waals surface area (Å²) in [6.07, 6.45) is 8.53. The summed E-state index contributed by atoms with van der Waals surface area (Å²) >= 11 is 0. The molecule has 28 heavy (non-hydrogen) atoms. The number of nitrogens with two attached hydrogens (primary N) is 1. The van der Waals surface area contributed by atoms with E-state index in [9.17, 15) is 0 Å². The molecule has 2 aromatic rings. The largest absolute Gasteiger partial charge is 0.368 e. The van der Waals surface area contributed by atoms with E-state index in [4.69, 9.17) is 15.7 Å². The molecule has 148 valence electrons. The number of nitrogen functional groups attached to an aromatic ring is 1. The Kier molecular flexibility index (Phi) is 4.93. The second-order valence-corrected chi connectivity index (χ2v) is 8.66. The average molecular weight is 378 g/mol. The first-order valence-electron chi connectivity index (χ1n) is 11.0. The molecule has 2 aliphatic heterocycles. The van der Waals surface area contributed by atoms with Crippen LogP contribution >= 0.6 is 0 Å². The normalized spacial score (nSPS) is 21.1. The summed E-state index contributed by atoms with van der Waals surface area (Å²) in [6.45, 7) is 4.58. The van der Waals surface area contributed by atoms with Gasteiger partial charge in [-0.3, -0.25) is 0 Å². The number of nitrogens with zero attached hydrogens (tertiary/aromatic N) is 3. The monoisotopic (exact) mass is 377 g/mol. The molecule has 0 bridgehead atoms. The molecule has 2 saturated heterocycles. The van der Waals surface area contributed by atoms with Crippen LogP contribution in [0.15, 0.2) is 24.3 Å². The highest BCUT2D eigenvalue weighted by molar-refractivity contribution is 5.74. The molecule has 1 aliphatic carbocycles. The van der Waals surface area contributed by atoms with Gasteiger partial charge in [0.25, 0.3) is 0 Å². The van der Waals surface area contributed by atoms with Gasteiger partial charge in [-0.1, -0.05) is 24.3 Å². The van der Waals surface area contributed by atoms with Crippen LogP contribution in [0.25, 0.3) is 11.3 Å². The third-order valence-electron chi connectivity index (χ3n) is 7.04. The minimum atomic E-state index is 0.408. The molecule has 3 N–H and O–H groups in total. The highest BCUT2D eigenvalue weighted by atomic mass is 15.2. The number of benzene rings is 1. The molecule has 0 unspecified atom stereocenters. The van der Waals surface area contributed by atoms with Crippen molar-refractivity contribution in [2.24, 2.45) is 11.8 Å². The Bertz CT molecular complexity index is 835. The van der Waals surface area contributed by atoms with Crippen molar-refractivity contribution in [3.8, 4) is 11.3 Å². The Morgan fingerprint density at radius 2 is 1.68 bits per heavy atom. The topological polar surface area (TPSA) is 67.1 Å². The minimum absolute atomic E-state index is 0.408. The number of piperidine rings is 2. The Balaban J connectivity index is 1.42. The van der Waals surface area contributed by atoms with E-state index in [1.165, 1.54) is 55.5 Å². The molecule has 3 aliphatic rings. The zero-order chi connectivity index (χ0) is 18.9. The van der Waals surface area contributed by atoms with Crippen molar-refractivity contribution in [2.45, 2.75) is 44.9 Å². The zero-order valence-electron chi connectivity index (χ0n) is 16.7. The molecule has 0 amide bonds. The lowest BCUT2D eigenvalue weighted by molar-refractivity contribution is 0.221. The van der Waals surface area contributed by atoms with Gasteiger partial charge in [0, 0.05) is 24.2 Å². The number of nitrogens with one attached hydrogen (secondary N) is 1. The van der Waals surface area contributed by atoms with E-state index < -0.39 is 0 Å². The van der Waals surface area contributed by atoms with Crippen molar-refractivity contribution < 1.29 is 0 Å². The second kappa shape index (κ2) is 7.70. The van der Waals surface area contributed by atoms with E-state index in [0.29, 0.717) is 5.95 Å². The standard InChI is InChI=1S/C23H31N5/c24-23-26-21-19-6-2-1-4-18(19)5-3-7-20(21)22(27-23)28-14-10-17(11-15-28)16-8-12-25-13-9-16/h1-2,4,6,16-17,25H,3,5,7-15H2,(H2,24,26,27). The zero-order valence-corrected chi connectivity index (χ0v) is 16.7. The van der Waals surface area contributed by atoms with Crippen molar-refractivity contribution in [3.63, 3.8) is 0 Å². The maximum Gasteiger partial charge on any atom is 0.222 e. The smallest absolute Gasteiger partial charge is 0.222 e. The molecule has 0 atom stereocenters. The van der Waals surface area contributed by atoms with Crippen molar-refractivity contribution in [1.29, 1.82) is 0 Å². The highest BCUT2D eigenvalue weighted by Gasteiger charge is 2.30. The first-order valence-corrected chi connectivity index (χ1v) is 11.0. The summed E-state index contributed by atoms with van der Waals surface area (Å²) in [5.41, 5.74) is 11.2. The highest BCUT2D eigenvalue weighted by Crippen LogP contribution is 2.38. The maximum atomic E-state index is 6.19. The summed E-state index contributed by atoms with van der Waals surface area (Å²) in [6, 6.07) is 8.66. The van der Waals surface area contributed by atoms with Gasteiger partial charge < -0.3 is 16.0 Å². The lowest BCUT2D eigenvalue weighted by Crippen LogP contribution is -2.40. The molecule has 1 aromatic heterocycles. The van der Waals surface area contributed by atoms with E-state index in [0.717, 1.165) is 55.7 Å². The van der Waals surface area contributed by atoms with Gasteiger partial charge in [0.1, 0.15) is 5.82 Å². The van der Waals surface area contributed by atoms with Crippen LogP contribution in [0.5, 0.6) is 0 Å². The van der Waals surface area contributed by atoms with Crippen molar-refractivity contribution in [3.05, 3.63) is 35.4 Å². The molecule has 5 rings (SSSR count). The van der Waals surface area contributed by atoms with Crippen molar-refractivity contribution in [1.82, 2.24) is 15.3 Å². The number of hydrogen-bond acceptors (Lipinski definition) is 5. The van der Waals surface area contributed by atoms with Crippen LogP contribution < -0.4 is 16.0 Å². The molecule has 1 aromatic carbocycles. The van der Waals surface area contributed by atoms with Gasteiger partial charge in [0.05, 0.1) is 5.69 Å². The quantitative estimate of drug-likeness (QED) is 0.839. The first kappa shape index (κ1) is 17.9. The Morgan fingerprint density at radius 3 is 2.50 bits per heavy atom. The number of fused-ring (bicyclic) bond motifs is 3. The van der Waals surface area contributed by atoms with Crippen molar-refractivity contribution >= 4 is 11.8 Å². The van der Waals surface area contributed by atoms with Crippen LogP contribution in [0.3, 0.4) is 0 Å². The van der Waals surface area contributed by atoms with Gasteiger partial charge in [-0.25, -0.2) is 4.98 Å². The lowest BCUT2D eigenvalue weighted by atomic mass is 9.79. The van der Waals surface area contributed by atoms with Crippen LogP contribution in [0, 0.1) is 11.8 Å². The summed E-state index contributed by atoms with van der Waals surface area (Å²) in [7, 11) is 0. The van der Waals surface area contributed by atoms with Gasteiger partial charge in [0.15, 0.2) is 0 Å². The fourth-order valence-corrected chi connectivity index (χ4v) is 5.53. The van der Waals surface area contributed by atoms with E-state index >= 15 is 0 Å². The number of rotatable bonds is 2. The molecule has 2 fully saturated rings. The predicted octanol–water partition coefficient (Wildman–Crippen LogP) is 3.43. The summed E-state index contributed by atoms with van der Waals surface area (Å²) < 4.78 is 0. The van der Waals surface area contributed by atoms with E-state index in [1.807, 2.05) is 0 Å². The van der Waals surface area contributed by atoms with Crippen molar-refractivity contribution in [2.75, 3.05) is 36.8 Å². The van der Waals surface area contributed by atoms with Gasteiger partial charge in [-0.15, -0.1) is 0 Å². The van der Waals surface area contributed by atoms with Gasteiger partial charge in [-0.05, 0) is 75.4 Å². The van der Waals surface area contributed by atoms with Crippen LogP contribution in [0.4, 0.5) is 11.8 Å². The van der Waals surface area contributed by atoms with E-state index in [-0.39, 0.29) is 0 Å². The number of anilines is 2. The Morgan fingerprint density at radius 1 is 0.929 bits per heavy atom. The first-order chi connectivity index (χ1) is 13.8. The third kappa shape index (κ3) is 3.37. The molecule has 0 spiro atoms. The minimum Gasteiger partial charge on any atom is -0.368 e. The fraction of sp³-hybridized carbons (Fsp3) is 0.565. The molecular weight excluding hydrogens is 346 g/mol. The van der Waals surface area contributed by atoms with Crippen LogP contribution in [-0.2, 0) is 12.8 Å². The summed E-state index contributed by atoms with van der Waals surface area (Å²) in [5.74, 6) is 3.29. The molecule has 5 nitrogen and oxygen atoms in total. The Hall–Kier alpha value is -2.14. The fourth-order valence-electron chi connectivity index (χ4n) is 5.53. The lowest BCUT2D eigenvalue weighted by Gasteiger charge is -2.39. The average Bonchev–Trinajstić information content (AvgIpc) is 2.93. The summed E-state index contributed by atoms with van der Waals surface area (Å²) in [4.78, 5) is 11.9. The van der Waals surface area contributed by atoms with Gasteiger partial charge in [0.2, 0.25) is 5.95 Å². The summed E-state index contributed by atoms with van der Waals surface area (Å²) in [5, 5.41) is 3.50.